The Morgan fingerprint density at radius 3 is 2.67 bits per heavy atom. The molecule has 0 aliphatic carbocycles. The van der Waals surface area contributed by atoms with Crippen molar-refractivity contribution >= 4 is 5.91 Å². The Kier molecular flexibility index (Phi) is 4.33. The van der Waals surface area contributed by atoms with Crippen LogP contribution in [-0.4, -0.2) is 25.9 Å². The summed E-state index contributed by atoms with van der Waals surface area (Å²) in [4.78, 5) is 12.3. The zero-order valence-corrected chi connectivity index (χ0v) is 15.1. The van der Waals surface area contributed by atoms with E-state index in [-0.39, 0.29) is 5.91 Å². The van der Waals surface area contributed by atoms with Gasteiger partial charge in [0.05, 0.1) is 17.6 Å². The molecule has 1 amide bonds. The second-order valence-corrected chi connectivity index (χ2v) is 6.33. The van der Waals surface area contributed by atoms with Gasteiger partial charge in [0, 0.05) is 18.3 Å². The lowest BCUT2D eigenvalue weighted by molar-refractivity contribution is 0.0946. The van der Waals surface area contributed by atoms with Crippen molar-refractivity contribution in [2.75, 3.05) is 0 Å². The molecular formula is C20H19N5O2. The molecule has 7 heteroatoms. The molecular weight excluding hydrogens is 342 g/mol. The molecule has 3 heterocycles. The summed E-state index contributed by atoms with van der Waals surface area (Å²) in [6, 6.07) is 15.2. The van der Waals surface area contributed by atoms with Crippen molar-refractivity contribution < 1.29 is 9.21 Å². The zero-order valence-electron chi connectivity index (χ0n) is 15.1. The summed E-state index contributed by atoms with van der Waals surface area (Å²) in [6.45, 7) is 4.41. The fourth-order valence-electron chi connectivity index (χ4n) is 2.91. The van der Waals surface area contributed by atoms with Gasteiger partial charge in [0.15, 0.2) is 11.5 Å². The maximum atomic E-state index is 12.3. The molecule has 0 unspecified atom stereocenters. The number of amides is 1. The molecule has 3 aromatic heterocycles. The van der Waals surface area contributed by atoms with Gasteiger partial charge < -0.3 is 9.73 Å². The Labute approximate surface area is 156 Å². The maximum absolute atomic E-state index is 12.3. The zero-order chi connectivity index (χ0) is 18.8. The van der Waals surface area contributed by atoms with E-state index in [0.29, 0.717) is 23.7 Å². The Balaban J connectivity index is 1.40. The number of nitrogens with zero attached hydrogens (tertiary/aromatic N) is 3. The van der Waals surface area contributed by atoms with Crippen molar-refractivity contribution in [2.24, 2.45) is 0 Å². The number of aromatic nitrogens is 4. The van der Waals surface area contributed by atoms with Crippen molar-refractivity contribution in [3.8, 4) is 17.1 Å². The highest BCUT2D eigenvalue weighted by atomic mass is 16.3. The first-order valence-corrected chi connectivity index (χ1v) is 8.60. The molecule has 0 atom stereocenters. The Morgan fingerprint density at radius 1 is 1.19 bits per heavy atom. The second-order valence-electron chi connectivity index (χ2n) is 6.33. The number of furan rings is 1. The number of rotatable bonds is 5. The van der Waals surface area contributed by atoms with Crippen LogP contribution in [0.4, 0.5) is 0 Å². The van der Waals surface area contributed by atoms with Crippen molar-refractivity contribution in [1.82, 2.24) is 25.3 Å². The normalized spacial score (nSPS) is 10.9. The molecule has 0 saturated carbocycles. The molecule has 0 bridgehead atoms. The number of hydrogen-bond acceptors (Lipinski definition) is 4. The maximum Gasteiger partial charge on any atom is 0.272 e. The summed E-state index contributed by atoms with van der Waals surface area (Å²) in [5.41, 5.74) is 5.04. The molecule has 4 aromatic rings. The summed E-state index contributed by atoms with van der Waals surface area (Å²) in [6.07, 6.45) is 1.58. The number of carbonyl (C=O) groups excluding carboxylic acids is 1. The molecule has 136 valence electrons. The first-order valence-electron chi connectivity index (χ1n) is 8.60. The van der Waals surface area contributed by atoms with Gasteiger partial charge in [-0.1, -0.05) is 12.1 Å². The van der Waals surface area contributed by atoms with Crippen LogP contribution in [0.5, 0.6) is 0 Å². The van der Waals surface area contributed by atoms with Crippen molar-refractivity contribution in [3.05, 3.63) is 77.4 Å². The van der Waals surface area contributed by atoms with Crippen LogP contribution in [0.25, 0.3) is 17.1 Å². The van der Waals surface area contributed by atoms with Gasteiger partial charge >= 0.3 is 0 Å². The molecule has 1 aromatic carbocycles. The minimum absolute atomic E-state index is 0.244. The van der Waals surface area contributed by atoms with E-state index in [0.717, 1.165) is 22.6 Å². The van der Waals surface area contributed by atoms with Crippen LogP contribution >= 0.6 is 0 Å². The van der Waals surface area contributed by atoms with Crippen LogP contribution in [0.3, 0.4) is 0 Å². The third kappa shape index (κ3) is 3.52. The van der Waals surface area contributed by atoms with Crippen LogP contribution in [0.1, 0.15) is 27.4 Å². The molecule has 0 radical (unpaired) electrons. The van der Waals surface area contributed by atoms with E-state index in [2.05, 4.69) is 20.6 Å². The van der Waals surface area contributed by atoms with Gasteiger partial charge in [-0.2, -0.15) is 10.2 Å². The molecule has 0 aliphatic heterocycles. The minimum Gasteiger partial charge on any atom is -0.463 e. The van der Waals surface area contributed by atoms with Crippen LogP contribution in [0.2, 0.25) is 0 Å². The lowest BCUT2D eigenvalue weighted by atomic mass is 10.2. The van der Waals surface area contributed by atoms with E-state index in [4.69, 9.17) is 4.42 Å². The quantitative estimate of drug-likeness (QED) is 0.570. The average molecular weight is 361 g/mol. The van der Waals surface area contributed by atoms with Crippen LogP contribution < -0.4 is 5.32 Å². The van der Waals surface area contributed by atoms with E-state index in [1.807, 2.05) is 48.9 Å². The monoisotopic (exact) mass is 361 g/mol. The minimum atomic E-state index is -0.244. The molecule has 7 nitrogen and oxygen atoms in total. The highest BCUT2D eigenvalue weighted by Crippen LogP contribution is 2.18. The summed E-state index contributed by atoms with van der Waals surface area (Å²) < 4.78 is 7.19. The number of carbonyl (C=O) groups is 1. The van der Waals surface area contributed by atoms with E-state index < -0.39 is 0 Å². The van der Waals surface area contributed by atoms with Gasteiger partial charge in [0.25, 0.3) is 5.91 Å². The van der Waals surface area contributed by atoms with E-state index in [1.54, 1.807) is 24.5 Å². The van der Waals surface area contributed by atoms with Gasteiger partial charge in [0.2, 0.25) is 0 Å². The first-order chi connectivity index (χ1) is 13.1. The molecule has 0 fully saturated rings. The largest absolute Gasteiger partial charge is 0.463 e. The van der Waals surface area contributed by atoms with Crippen molar-refractivity contribution in [3.63, 3.8) is 0 Å². The van der Waals surface area contributed by atoms with Gasteiger partial charge in [-0.25, -0.2) is 4.68 Å². The number of benzene rings is 1. The lowest BCUT2D eigenvalue weighted by Crippen LogP contribution is -2.23. The second kappa shape index (κ2) is 6.95. The summed E-state index contributed by atoms with van der Waals surface area (Å²) in [5.74, 6) is 0.396. The molecule has 0 spiro atoms. The fraction of sp³-hybridized carbons (Fsp3) is 0.150. The SMILES string of the molecule is Cc1cc(C)n(-c2ccc(CNC(=O)c3cc(-c4ccco4)[nH]n3)cc2)n1. The standard InChI is InChI=1S/C20H19N5O2/c1-13-10-14(2)25(24-13)16-7-5-15(6-8-16)12-21-20(26)18-11-17(22-23-18)19-4-3-9-27-19/h3-11H,12H2,1-2H3,(H,21,26)(H,22,23). The van der Waals surface area contributed by atoms with E-state index in [9.17, 15) is 4.79 Å². The third-order valence-electron chi connectivity index (χ3n) is 4.24. The topological polar surface area (TPSA) is 88.7 Å². The number of nitrogens with one attached hydrogen (secondary N) is 2. The van der Waals surface area contributed by atoms with E-state index >= 15 is 0 Å². The first kappa shape index (κ1) is 16.8. The Morgan fingerprint density at radius 2 is 2.00 bits per heavy atom. The third-order valence-corrected chi connectivity index (χ3v) is 4.24. The number of aryl methyl sites for hydroxylation is 2. The summed E-state index contributed by atoms with van der Waals surface area (Å²) in [7, 11) is 0. The van der Waals surface area contributed by atoms with Gasteiger partial charge in [-0.05, 0) is 49.7 Å². The van der Waals surface area contributed by atoms with Crippen LogP contribution in [0.15, 0.2) is 59.2 Å². The molecule has 2 N–H and O–H groups in total. The molecule has 4 rings (SSSR count). The van der Waals surface area contributed by atoms with Crippen LogP contribution in [-0.2, 0) is 6.54 Å². The molecule has 0 saturated heterocycles. The lowest BCUT2D eigenvalue weighted by Gasteiger charge is -2.07. The molecule has 0 aliphatic rings. The van der Waals surface area contributed by atoms with Crippen molar-refractivity contribution in [2.45, 2.75) is 20.4 Å². The predicted molar refractivity (Wildman–Crippen MR) is 100 cm³/mol. The Bertz CT molecular complexity index is 1060. The number of H-pyrrole nitrogens is 1. The smallest absolute Gasteiger partial charge is 0.272 e. The molecule has 27 heavy (non-hydrogen) atoms. The van der Waals surface area contributed by atoms with Gasteiger partial charge in [0.1, 0.15) is 5.69 Å². The summed E-state index contributed by atoms with van der Waals surface area (Å²) >= 11 is 0. The van der Waals surface area contributed by atoms with Gasteiger partial charge in [-0.15, -0.1) is 0 Å². The summed E-state index contributed by atoms with van der Waals surface area (Å²) in [5, 5.41) is 14.2. The highest BCUT2D eigenvalue weighted by Gasteiger charge is 2.12. The average Bonchev–Trinajstić information content (AvgIpc) is 3.40. The predicted octanol–water partition coefficient (Wildman–Crippen LogP) is 3.40. The van der Waals surface area contributed by atoms with Crippen molar-refractivity contribution in [1.29, 1.82) is 0 Å². The number of hydrogen-bond donors (Lipinski definition) is 2. The van der Waals surface area contributed by atoms with Crippen LogP contribution in [0, 0.1) is 13.8 Å². The van der Waals surface area contributed by atoms with E-state index in [1.165, 1.54) is 0 Å². The Hall–Kier alpha value is -3.61. The number of aromatic amines is 1. The fourth-order valence-corrected chi connectivity index (χ4v) is 2.91. The van der Waals surface area contributed by atoms with Gasteiger partial charge in [-0.3, -0.25) is 9.89 Å². The highest BCUT2D eigenvalue weighted by molar-refractivity contribution is 5.93.